The molecule has 112 valence electrons. The molecule has 0 saturated carbocycles. The van der Waals surface area contributed by atoms with E-state index in [2.05, 4.69) is 32.3 Å². The van der Waals surface area contributed by atoms with E-state index in [0.717, 1.165) is 25.7 Å². The number of hydrogen-bond donors (Lipinski definition) is 2. The Morgan fingerprint density at radius 3 is 3.00 bits per heavy atom. The molecule has 2 N–H and O–H groups in total. The molecule has 1 atom stereocenters. The molecule has 1 aromatic heterocycles. The molecule has 0 amide bonds. The van der Waals surface area contributed by atoms with Crippen LogP contribution in [0.1, 0.15) is 18.3 Å². The average Bonchev–Trinajstić information content (AvgIpc) is 2.91. The fourth-order valence-corrected chi connectivity index (χ4v) is 2.47. The number of nitrogens with zero attached hydrogens (tertiary/aromatic N) is 3. The van der Waals surface area contributed by atoms with Crippen LogP contribution in [0.15, 0.2) is 18.2 Å². The molecule has 5 nitrogen and oxygen atoms in total. The lowest BCUT2D eigenvalue weighted by Gasteiger charge is -2.30. The Morgan fingerprint density at radius 1 is 1.38 bits per heavy atom. The summed E-state index contributed by atoms with van der Waals surface area (Å²) in [4.78, 5) is 6.48. The van der Waals surface area contributed by atoms with E-state index < -0.39 is 11.6 Å². The lowest BCUT2D eigenvalue weighted by molar-refractivity contribution is 0.480. The van der Waals surface area contributed by atoms with Crippen LogP contribution >= 0.6 is 0 Å². The Morgan fingerprint density at radius 2 is 2.24 bits per heavy atom. The molecule has 2 heterocycles. The summed E-state index contributed by atoms with van der Waals surface area (Å²) >= 11 is 0. The number of halogens is 2. The Hall–Kier alpha value is -2.02. The van der Waals surface area contributed by atoms with Crippen molar-refractivity contribution in [1.29, 1.82) is 0 Å². The van der Waals surface area contributed by atoms with Crippen LogP contribution in [0.3, 0.4) is 0 Å². The van der Waals surface area contributed by atoms with Crippen LogP contribution in [-0.4, -0.2) is 40.9 Å². The second-order valence-electron chi connectivity index (χ2n) is 5.30. The second kappa shape index (κ2) is 5.77. The maximum Gasteiger partial charge on any atom is 0.244 e. The van der Waals surface area contributed by atoms with E-state index >= 15 is 0 Å². The molecule has 1 fully saturated rings. The normalized spacial score (nSPS) is 19.0. The summed E-state index contributed by atoms with van der Waals surface area (Å²) in [7, 11) is 0. The molecule has 0 bridgehead atoms. The molecule has 0 spiro atoms. The quantitative estimate of drug-likeness (QED) is 0.900. The molecule has 1 aromatic carbocycles. The van der Waals surface area contributed by atoms with Crippen LogP contribution in [0, 0.1) is 11.6 Å². The summed E-state index contributed by atoms with van der Waals surface area (Å²) in [6, 6.07) is 3.94. The van der Waals surface area contributed by atoms with E-state index in [4.69, 9.17) is 0 Å². The third-order valence-corrected chi connectivity index (χ3v) is 3.54. The lowest BCUT2D eigenvalue weighted by atomic mass is 10.1. The van der Waals surface area contributed by atoms with Gasteiger partial charge in [-0.3, -0.25) is 5.10 Å². The van der Waals surface area contributed by atoms with Gasteiger partial charge in [-0.15, -0.1) is 5.10 Å². The smallest absolute Gasteiger partial charge is 0.244 e. The summed E-state index contributed by atoms with van der Waals surface area (Å²) < 4.78 is 26.5. The van der Waals surface area contributed by atoms with Crippen molar-refractivity contribution < 1.29 is 8.78 Å². The maximum atomic E-state index is 13.6. The number of nitrogens with one attached hydrogen (secondary N) is 2. The van der Waals surface area contributed by atoms with Gasteiger partial charge in [0, 0.05) is 38.2 Å². The summed E-state index contributed by atoms with van der Waals surface area (Å²) in [6.07, 6.45) is 0.265. The van der Waals surface area contributed by atoms with Gasteiger partial charge in [0.05, 0.1) is 0 Å². The van der Waals surface area contributed by atoms with Crippen LogP contribution in [0.25, 0.3) is 0 Å². The van der Waals surface area contributed by atoms with Gasteiger partial charge < -0.3 is 10.2 Å². The number of aromatic nitrogens is 3. The number of benzene rings is 1. The van der Waals surface area contributed by atoms with E-state index in [1.807, 2.05) is 0 Å². The summed E-state index contributed by atoms with van der Waals surface area (Å²) in [6.45, 7) is 4.67. The first-order valence-electron chi connectivity index (χ1n) is 6.95. The van der Waals surface area contributed by atoms with Gasteiger partial charge in [0.15, 0.2) is 0 Å². The van der Waals surface area contributed by atoms with Gasteiger partial charge in [0.2, 0.25) is 5.95 Å². The molecule has 7 heteroatoms. The van der Waals surface area contributed by atoms with Crippen molar-refractivity contribution in [2.24, 2.45) is 0 Å². The lowest BCUT2D eigenvalue weighted by Crippen LogP contribution is -2.49. The molecular formula is C14H17F2N5. The topological polar surface area (TPSA) is 56.8 Å². The maximum absolute atomic E-state index is 13.6. The zero-order chi connectivity index (χ0) is 14.8. The minimum atomic E-state index is -0.579. The average molecular weight is 293 g/mol. The van der Waals surface area contributed by atoms with Crippen molar-refractivity contribution in [3.63, 3.8) is 0 Å². The van der Waals surface area contributed by atoms with Crippen molar-refractivity contribution in [3.8, 4) is 0 Å². The summed E-state index contributed by atoms with van der Waals surface area (Å²) in [5.74, 6) is 0.0515. The van der Waals surface area contributed by atoms with Gasteiger partial charge in [0.25, 0.3) is 0 Å². The number of aromatic amines is 1. The molecular weight excluding hydrogens is 276 g/mol. The molecule has 1 saturated heterocycles. The number of rotatable bonds is 3. The predicted molar refractivity (Wildman–Crippen MR) is 75.2 cm³/mol. The number of hydrogen-bond acceptors (Lipinski definition) is 4. The second-order valence-corrected chi connectivity index (χ2v) is 5.30. The highest BCUT2D eigenvalue weighted by molar-refractivity contribution is 5.31. The standard InChI is InChI=1S/C14H17F2N5/c1-9-8-21(5-4-17-9)14-18-13(19-20-14)6-10-2-3-11(15)7-12(10)16/h2-3,7,9,17H,4-6,8H2,1H3,(H,18,19,20)/t9-/m0/s1. The van der Waals surface area contributed by atoms with Crippen LogP contribution in [0.5, 0.6) is 0 Å². The zero-order valence-corrected chi connectivity index (χ0v) is 11.7. The Balaban J connectivity index is 1.72. The van der Waals surface area contributed by atoms with Crippen molar-refractivity contribution >= 4 is 5.95 Å². The minimum Gasteiger partial charge on any atom is -0.337 e. The molecule has 0 aliphatic carbocycles. The SMILES string of the molecule is C[C@H]1CN(c2n[nH]c(Cc3ccc(F)cc3F)n2)CCN1. The van der Waals surface area contributed by atoms with Crippen molar-refractivity contribution in [2.75, 3.05) is 24.5 Å². The number of H-pyrrole nitrogens is 1. The molecule has 2 aromatic rings. The van der Waals surface area contributed by atoms with Gasteiger partial charge in [-0.05, 0) is 18.6 Å². The molecule has 3 rings (SSSR count). The predicted octanol–water partition coefficient (Wildman–Crippen LogP) is 1.47. The Kier molecular flexibility index (Phi) is 3.83. The zero-order valence-electron chi connectivity index (χ0n) is 11.7. The first-order chi connectivity index (χ1) is 10.1. The van der Waals surface area contributed by atoms with Crippen LogP contribution in [0.4, 0.5) is 14.7 Å². The van der Waals surface area contributed by atoms with Crippen molar-refractivity contribution in [2.45, 2.75) is 19.4 Å². The largest absolute Gasteiger partial charge is 0.337 e. The molecule has 0 unspecified atom stereocenters. The van der Waals surface area contributed by atoms with E-state index in [1.54, 1.807) is 0 Å². The number of anilines is 1. The monoisotopic (exact) mass is 293 g/mol. The summed E-state index contributed by atoms with van der Waals surface area (Å²) in [5.41, 5.74) is 0.396. The Bertz CT molecular complexity index is 628. The molecule has 1 aliphatic heterocycles. The first-order valence-corrected chi connectivity index (χ1v) is 6.95. The van der Waals surface area contributed by atoms with Crippen LogP contribution in [0.2, 0.25) is 0 Å². The van der Waals surface area contributed by atoms with Gasteiger partial charge in [-0.25, -0.2) is 8.78 Å². The van der Waals surface area contributed by atoms with Gasteiger partial charge in [-0.2, -0.15) is 4.98 Å². The van der Waals surface area contributed by atoms with Gasteiger partial charge in [0.1, 0.15) is 17.5 Å². The minimum absolute atomic E-state index is 0.265. The van der Waals surface area contributed by atoms with Gasteiger partial charge in [-0.1, -0.05) is 6.07 Å². The van der Waals surface area contributed by atoms with E-state index in [9.17, 15) is 8.78 Å². The third-order valence-electron chi connectivity index (χ3n) is 3.54. The van der Waals surface area contributed by atoms with Crippen LogP contribution in [-0.2, 0) is 6.42 Å². The molecule has 21 heavy (non-hydrogen) atoms. The fraction of sp³-hybridized carbons (Fsp3) is 0.429. The highest BCUT2D eigenvalue weighted by atomic mass is 19.1. The Labute approximate surface area is 121 Å². The van der Waals surface area contributed by atoms with Crippen molar-refractivity contribution in [3.05, 3.63) is 41.2 Å². The van der Waals surface area contributed by atoms with Crippen LogP contribution < -0.4 is 10.2 Å². The highest BCUT2D eigenvalue weighted by Crippen LogP contribution is 2.15. The fourth-order valence-electron chi connectivity index (χ4n) is 2.47. The van der Waals surface area contributed by atoms with Crippen molar-refractivity contribution in [1.82, 2.24) is 20.5 Å². The highest BCUT2D eigenvalue weighted by Gasteiger charge is 2.19. The number of piperazine rings is 1. The third kappa shape index (κ3) is 3.18. The first kappa shape index (κ1) is 13.9. The van der Waals surface area contributed by atoms with Gasteiger partial charge >= 0.3 is 0 Å². The molecule has 0 radical (unpaired) electrons. The molecule has 1 aliphatic rings. The van der Waals surface area contributed by atoms with E-state index in [-0.39, 0.29) is 6.42 Å². The van der Waals surface area contributed by atoms with E-state index in [1.165, 1.54) is 12.1 Å². The van der Waals surface area contributed by atoms with E-state index in [0.29, 0.717) is 23.4 Å². The summed E-state index contributed by atoms with van der Waals surface area (Å²) in [5, 5.41) is 10.4.